The lowest BCUT2D eigenvalue weighted by molar-refractivity contribution is 0.122. The van der Waals surface area contributed by atoms with Crippen LogP contribution in [0.1, 0.15) is 23.5 Å². The molecule has 0 spiro atoms. The zero-order valence-corrected chi connectivity index (χ0v) is 22.2. The lowest BCUT2D eigenvalue weighted by Gasteiger charge is -2.31. The van der Waals surface area contributed by atoms with Crippen LogP contribution in [0.2, 0.25) is 0 Å². The lowest BCUT2D eigenvalue weighted by atomic mass is 10.0. The summed E-state index contributed by atoms with van der Waals surface area (Å²) >= 11 is 7.65. The van der Waals surface area contributed by atoms with Crippen LogP contribution in [0.3, 0.4) is 0 Å². The molecule has 2 fully saturated rings. The summed E-state index contributed by atoms with van der Waals surface area (Å²) in [5.74, 6) is 0. The predicted octanol–water partition coefficient (Wildman–Crippen LogP) is 5.50. The van der Waals surface area contributed by atoms with Crippen molar-refractivity contribution in [3.8, 4) is 5.13 Å². The second-order valence-electron chi connectivity index (χ2n) is 9.38. The van der Waals surface area contributed by atoms with E-state index in [0.29, 0.717) is 5.11 Å². The average Bonchev–Trinajstić information content (AvgIpc) is 3.70. The molecular weight excluding hydrogens is 512 g/mol. The number of benzene rings is 2. The van der Waals surface area contributed by atoms with Crippen molar-refractivity contribution in [2.75, 3.05) is 36.1 Å². The summed E-state index contributed by atoms with van der Waals surface area (Å²) in [5.41, 5.74) is 5.29. The van der Waals surface area contributed by atoms with Gasteiger partial charge in [-0.3, -0.25) is 9.55 Å². The SMILES string of the molecule is S=C1N[C@@H](c2ccccn2)[C@H](c2cccn2-c2nc3ccccc3s2)N1c1ccc(N2CCOCC2)cc1. The highest BCUT2D eigenvalue weighted by atomic mass is 32.1. The van der Waals surface area contributed by atoms with Gasteiger partial charge in [0.05, 0.1) is 40.9 Å². The first-order valence-corrected chi connectivity index (χ1v) is 14.0. The standard InChI is InChI=1S/C29H26N6OS2/c37-28-32-26(23-7-3-4-14-30-23)27(35(28)21-12-10-20(11-13-21)33-16-18-36-19-17-33)24-8-5-15-34(24)29-31-22-6-1-2-9-25(22)38-29/h1-15,26-27H,16-19H2,(H,32,37)/t26-,27-/m0/s1. The van der Waals surface area contributed by atoms with Crippen molar-refractivity contribution < 1.29 is 4.74 Å². The first-order chi connectivity index (χ1) is 18.8. The number of pyridine rings is 1. The third kappa shape index (κ3) is 4.13. The molecule has 190 valence electrons. The Balaban J connectivity index is 1.31. The summed E-state index contributed by atoms with van der Waals surface area (Å²) in [4.78, 5) is 14.2. The van der Waals surface area contributed by atoms with E-state index in [1.165, 1.54) is 10.4 Å². The van der Waals surface area contributed by atoms with E-state index in [1.807, 2.05) is 24.4 Å². The summed E-state index contributed by atoms with van der Waals surface area (Å²) < 4.78 is 8.88. The van der Waals surface area contributed by atoms with Crippen LogP contribution in [-0.2, 0) is 4.74 Å². The molecule has 7 rings (SSSR count). The number of ether oxygens (including phenoxy) is 1. The first-order valence-electron chi connectivity index (χ1n) is 12.7. The third-order valence-corrected chi connectivity index (χ3v) is 8.52. The summed E-state index contributed by atoms with van der Waals surface area (Å²) in [6.07, 6.45) is 3.92. The second kappa shape index (κ2) is 9.83. The highest BCUT2D eigenvalue weighted by Crippen LogP contribution is 2.43. The number of rotatable bonds is 5. The Kier molecular flexibility index (Phi) is 6.04. The quantitative estimate of drug-likeness (QED) is 0.297. The summed E-state index contributed by atoms with van der Waals surface area (Å²) in [6.45, 7) is 3.34. The molecule has 0 radical (unpaired) electrons. The van der Waals surface area contributed by atoms with E-state index in [4.69, 9.17) is 26.9 Å². The minimum atomic E-state index is -0.120. The minimum Gasteiger partial charge on any atom is -0.378 e. The monoisotopic (exact) mass is 538 g/mol. The van der Waals surface area contributed by atoms with Gasteiger partial charge in [-0.15, -0.1) is 0 Å². The summed E-state index contributed by atoms with van der Waals surface area (Å²) in [5, 5.41) is 5.20. The van der Waals surface area contributed by atoms with E-state index in [0.717, 1.165) is 54.0 Å². The Bertz CT molecular complexity index is 1540. The van der Waals surface area contributed by atoms with E-state index in [9.17, 15) is 0 Å². The Labute approximate surface area is 230 Å². The van der Waals surface area contributed by atoms with Crippen molar-refractivity contribution >= 4 is 50.3 Å². The van der Waals surface area contributed by atoms with Crippen molar-refractivity contribution in [3.05, 3.63) is 103 Å². The molecule has 7 nitrogen and oxygen atoms in total. The van der Waals surface area contributed by atoms with E-state index < -0.39 is 0 Å². The van der Waals surface area contributed by atoms with Gasteiger partial charge in [-0.1, -0.05) is 29.5 Å². The molecule has 9 heteroatoms. The number of para-hydroxylation sites is 1. The van der Waals surface area contributed by atoms with Gasteiger partial charge in [0.25, 0.3) is 0 Å². The molecule has 5 heterocycles. The molecule has 3 aromatic heterocycles. The van der Waals surface area contributed by atoms with E-state index >= 15 is 0 Å². The van der Waals surface area contributed by atoms with Gasteiger partial charge in [0.15, 0.2) is 10.2 Å². The van der Waals surface area contributed by atoms with Crippen molar-refractivity contribution in [1.29, 1.82) is 0 Å². The highest BCUT2D eigenvalue weighted by molar-refractivity contribution is 7.80. The van der Waals surface area contributed by atoms with Gasteiger partial charge < -0.3 is 19.9 Å². The minimum absolute atomic E-state index is 0.117. The van der Waals surface area contributed by atoms with Gasteiger partial charge in [-0.25, -0.2) is 4.98 Å². The molecular formula is C29H26N6OS2. The first kappa shape index (κ1) is 23.3. The maximum Gasteiger partial charge on any atom is 0.194 e. The zero-order chi connectivity index (χ0) is 25.5. The molecule has 38 heavy (non-hydrogen) atoms. The number of fused-ring (bicyclic) bond motifs is 1. The molecule has 2 saturated heterocycles. The summed E-state index contributed by atoms with van der Waals surface area (Å²) in [6, 6.07) is 27.0. The maximum atomic E-state index is 5.96. The van der Waals surface area contributed by atoms with E-state index in [2.05, 4.69) is 86.5 Å². The van der Waals surface area contributed by atoms with Gasteiger partial charge in [0, 0.05) is 36.9 Å². The van der Waals surface area contributed by atoms with Gasteiger partial charge in [0.1, 0.15) is 6.04 Å². The molecule has 0 saturated carbocycles. The molecule has 0 unspecified atom stereocenters. The van der Waals surface area contributed by atoms with Crippen LogP contribution in [0.4, 0.5) is 11.4 Å². The number of nitrogens with zero attached hydrogens (tertiary/aromatic N) is 5. The van der Waals surface area contributed by atoms with Crippen molar-refractivity contribution in [3.63, 3.8) is 0 Å². The Morgan fingerprint density at radius 2 is 1.68 bits per heavy atom. The maximum absolute atomic E-state index is 5.96. The van der Waals surface area contributed by atoms with Crippen LogP contribution in [-0.4, -0.2) is 46.0 Å². The molecule has 2 aliphatic heterocycles. The number of aromatic nitrogens is 3. The molecule has 1 N–H and O–H groups in total. The molecule has 5 aromatic rings. The van der Waals surface area contributed by atoms with Crippen LogP contribution in [0.5, 0.6) is 0 Å². The van der Waals surface area contributed by atoms with Crippen LogP contribution < -0.4 is 15.1 Å². The van der Waals surface area contributed by atoms with Gasteiger partial charge in [-0.05, 0) is 72.9 Å². The number of thiocarbonyl (C=S) groups is 1. The van der Waals surface area contributed by atoms with Crippen LogP contribution in [0, 0.1) is 0 Å². The number of hydrogen-bond acceptors (Lipinski definition) is 6. The molecule has 2 aliphatic rings. The van der Waals surface area contributed by atoms with Gasteiger partial charge in [-0.2, -0.15) is 0 Å². The Morgan fingerprint density at radius 3 is 2.47 bits per heavy atom. The molecule has 2 atom stereocenters. The fourth-order valence-electron chi connectivity index (χ4n) is 5.35. The van der Waals surface area contributed by atoms with Crippen LogP contribution >= 0.6 is 23.6 Å². The molecule has 2 aromatic carbocycles. The lowest BCUT2D eigenvalue weighted by Crippen LogP contribution is -2.36. The largest absolute Gasteiger partial charge is 0.378 e. The fraction of sp³-hybridized carbons (Fsp3) is 0.207. The van der Waals surface area contributed by atoms with Crippen LogP contribution in [0.25, 0.3) is 15.3 Å². The normalized spacial score (nSPS) is 19.7. The smallest absolute Gasteiger partial charge is 0.194 e. The second-order valence-corrected chi connectivity index (χ2v) is 10.8. The third-order valence-electron chi connectivity index (χ3n) is 7.17. The average molecular weight is 539 g/mol. The van der Waals surface area contributed by atoms with Crippen molar-refractivity contribution in [2.24, 2.45) is 0 Å². The highest BCUT2D eigenvalue weighted by Gasteiger charge is 2.42. The number of morpholine rings is 1. The number of hydrogen-bond donors (Lipinski definition) is 1. The Hall–Kier alpha value is -3.79. The number of nitrogens with one attached hydrogen (secondary N) is 1. The molecule has 0 aliphatic carbocycles. The predicted molar refractivity (Wildman–Crippen MR) is 156 cm³/mol. The topological polar surface area (TPSA) is 58.5 Å². The molecule has 0 amide bonds. The van der Waals surface area contributed by atoms with Crippen LogP contribution in [0.15, 0.2) is 91.3 Å². The fourth-order valence-corrected chi connectivity index (χ4v) is 6.67. The summed E-state index contributed by atoms with van der Waals surface area (Å²) in [7, 11) is 0. The van der Waals surface area contributed by atoms with E-state index in [-0.39, 0.29) is 12.1 Å². The zero-order valence-electron chi connectivity index (χ0n) is 20.6. The van der Waals surface area contributed by atoms with Crippen molar-refractivity contribution in [2.45, 2.75) is 12.1 Å². The number of anilines is 2. The van der Waals surface area contributed by atoms with Gasteiger partial charge in [0.2, 0.25) is 0 Å². The van der Waals surface area contributed by atoms with E-state index in [1.54, 1.807) is 11.3 Å². The number of thiazole rings is 1. The van der Waals surface area contributed by atoms with Gasteiger partial charge >= 0.3 is 0 Å². The molecule has 0 bridgehead atoms. The Morgan fingerprint density at radius 1 is 0.895 bits per heavy atom. The van der Waals surface area contributed by atoms with Crippen molar-refractivity contribution in [1.82, 2.24) is 19.9 Å².